The smallest absolute Gasteiger partial charge is 0.236 e. The van der Waals surface area contributed by atoms with Gasteiger partial charge in [-0.2, -0.15) is 0 Å². The first kappa shape index (κ1) is 15.4. The van der Waals surface area contributed by atoms with Crippen LogP contribution in [0.15, 0.2) is 0 Å². The molecule has 2 N–H and O–H groups in total. The Kier molecular flexibility index (Phi) is 8.26. The molecule has 0 saturated carbocycles. The fourth-order valence-corrected chi connectivity index (χ4v) is 1.74. The maximum atomic E-state index is 11.6. The quantitative estimate of drug-likeness (QED) is 0.669. The molecule has 1 amide bonds. The van der Waals surface area contributed by atoms with E-state index in [-0.39, 0.29) is 11.9 Å². The number of carbonyl (C=O) groups excluding carboxylic acids is 1. The predicted octanol–water partition coefficient (Wildman–Crippen LogP) is 2.32. The predicted molar refractivity (Wildman–Crippen MR) is 69.4 cm³/mol. The molecular weight excluding hydrogens is 200 g/mol. The molecule has 0 rings (SSSR count). The number of amides is 1. The van der Waals surface area contributed by atoms with Crippen molar-refractivity contribution in [3.63, 3.8) is 0 Å². The molecule has 0 heterocycles. The lowest BCUT2D eigenvalue weighted by Gasteiger charge is -2.21. The maximum absolute atomic E-state index is 11.6. The van der Waals surface area contributed by atoms with Crippen LogP contribution in [-0.2, 0) is 4.79 Å². The molecule has 0 saturated heterocycles. The Balaban J connectivity index is 3.84. The Bertz CT molecular complexity index is 194. The molecular formula is C13H28N2O. The summed E-state index contributed by atoms with van der Waals surface area (Å²) in [4.78, 5) is 11.6. The summed E-state index contributed by atoms with van der Waals surface area (Å²) in [6, 6.07) is 0.308. The van der Waals surface area contributed by atoms with Gasteiger partial charge in [0.2, 0.25) is 5.91 Å². The van der Waals surface area contributed by atoms with Crippen molar-refractivity contribution in [1.29, 1.82) is 0 Å². The summed E-state index contributed by atoms with van der Waals surface area (Å²) in [5, 5.41) is 6.25. The topological polar surface area (TPSA) is 41.1 Å². The number of hydrogen-bond donors (Lipinski definition) is 2. The molecule has 0 bridgehead atoms. The van der Waals surface area contributed by atoms with E-state index in [1.807, 2.05) is 6.92 Å². The normalized spacial score (nSPS) is 16.6. The molecule has 96 valence electrons. The van der Waals surface area contributed by atoms with Crippen LogP contribution in [-0.4, -0.2) is 24.5 Å². The van der Waals surface area contributed by atoms with Gasteiger partial charge in [0.25, 0.3) is 0 Å². The number of rotatable bonds is 8. The summed E-state index contributed by atoms with van der Waals surface area (Å²) >= 11 is 0. The van der Waals surface area contributed by atoms with E-state index in [9.17, 15) is 4.79 Å². The van der Waals surface area contributed by atoms with Crippen LogP contribution in [0.3, 0.4) is 0 Å². The molecule has 0 aliphatic heterocycles. The second-order valence-electron chi connectivity index (χ2n) is 4.83. The van der Waals surface area contributed by atoms with Crippen LogP contribution in [0.5, 0.6) is 0 Å². The van der Waals surface area contributed by atoms with Crippen LogP contribution in [0.2, 0.25) is 0 Å². The Morgan fingerprint density at radius 3 is 2.31 bits per heavy atom. The van der Waals surface area contributed by atoms with Gasteiger partial charge in [0, 0.05) is 12.6 Å². The van der Waals surface area contributed by atoms with Crippen molar-refractivity contribution in [2.24, 2.45) is 5.92 Å². The van der Waals surface area contributed by atoms with E-state index >= 15 is 0 Å². The van der Waals surface area contributed by atoms with E-state index < -0.39 is 0 Å². The van der Waals surface area contributed by atoms with Crippen LogP contribution >= 0.6 is 0 Å². The highest BCUT2D eigenvalue weighted by atomic mass is 16.2. The lowest BCUT2D eigenvalue weighted by molar-refractivity contribution is -0.122. The second kappa shape index (κ2) is 8.57. The first-order valence-corrected chi connectivity index (χ1v) is 6.54. The van der Waals surface area contributed by atoms with Gasteiger partial charge in [0.15, 0.2) is 0 Å². The first-order valence-electron chi connectivity index (χ1n) is 6.54. The summed E-state index contributed by atoms with van der Waals surface area (Å²) in [7, 11) is 0. The minimum atomic E-state index is -0.0920. The van der Waals surface area contributed by atoms with Crippen molar-refractivity contribution < 1.29 is 4.79 Å². The van der Waals surface area contributed by atoms with Crippen LogP contribution in [0.4, 0.5) is 0 Å². The summed E-state index contributed by atoms with van der Waals surface area (Å²) in [5.74, 6) is 0.825. The SMILES string of the molecule is CCCNC(=O)C(C)NC(C)CC(C)CC. The lowest BCUT2D eigenvalue weighted by Crippen LogP contribution is -2.46. The monoisotopic (exact) mass is 228 g/mol. The zero-order chi connectivity index (χ0) is 12.6. The van der Waals surface area contributed by atoms with E-state index in [1.165, 1.54) is 6.42 Å². The minimum Gasteiger partial charge on any atom is -0.355 e. The number of carbonyl (C=O) groups is 1. The molecule has 3 unspecified atom stereocenters. The van der Waals surface area contributed by atoms with Gasteiger partial charge in [-0.3, -0.25) is 4.79 Å². The molecule has 0 aromatic carbocycles. The third kappa shape index (κ3) is 6.83. The Morgan fingerprint density at radius 2 is 1.81 bits per heavy atom. The van der Waals surface area contributed by atoms with Gasteiger partial charge >= 0.3 is 0 Å². The molecule has 0 aliphatic rings. The molecule has 0 aromatic rings. The van der Waals surface area contributed by atoms with E-state index in [1.54, 1.807) is 0 Å². The molecule has 3 heteroatoms. The van der Waals surface area contributed by atoms with Gasteiger partial charge in [-0.15, -0.1) is 0 Å². The molecule has 16 heavy (non-hydrogen) atoms. The maximum Gasteiger partial charge on any atom is 0.236 e. The number of hydrogen-bond acceptors (Lipinski definition) is 2. The van der Waals surface area contributed by atoms with Crippen molar-refractivity contribution in [2.75, 3.05) is 6.54 Å². The molecule has 0 spiro atoms. The summed E-state index contributed by atoms with van der Waals surface area (Å²) in [6.07, 6.45) is 3.31. The average molecular weight is 228 g/mol. The Labute approximate surface area is 100 Å². The molecule has 3 nitrogen and oxygen atoms in total. The van der Waals surface area contributed by atoms with E-state index in [0.717, 1.165) is 19.4 Å². The van der Waals surface area contributed by atoms with E-state index in [0.29, 0.717) is 12.0 Å². The zero-order valence-corrected chi connectivity index (χ0v) is 11.5. The van der Waals surface area contributed by atoms with Gasteiger partial charge in [0.1, 0.15) is 0 Å². The second-order valence-corrected chi connectivity index (χ2v) is 4.83. The molecule has 0 aromatic heterocycles. The third-order valence-electron chi connectivity index (χ3n) is 2.93. The largest absolute Gasteiger partial charge is 0.355 e. The van der Waals surface area contributed by atoms with Crippen molar-refractivity contribution in [3.05, 3.63) is 0 Å². The van der Waals surface area contributed by atoms with Gasteiger partial charge < -0.3 is 10.6 Å². The van der Waals surface area contributed by atoms with E-state index in [2.05, 4.69) is 38.3 Å². The molecule has 3 atom stereocenters. The molecule has 0 fully saturated rings. The summed E-state index contributed by atoms with van der Waals surface area (Å²) in [6.45, 7) is 11.4. The highest BCUT2D eigenvalue weighted by Gasteiger charge is 2.15. The summed E-state index contributed by atoms with van der Waals surface area (Å²) < 4.78 is 0. The van der Waals surface area contributed by atoms with Crippen LogP contribution in [0.25, 0.3) is 0 Å². The fourth-order valence-electron chi connectivity index (χ4n) is 1.74. The Hall–Kier alpha value is -0.570. The van der Waals surface area contributed by atoms with Crippen LogP contribution < -0.4 is 10.6 Å². The third-order valence-corrected chi connectivity index (χ3v) is 2.93. The standard InChI is InChI=1S/C13H28N2O/c1-6-8-14-13(16)12(5)15-11(4)9-10(3)7-2/h10-12,15H,6-9H2,1-5H3,(H,14,16). The van der Waals surface area contributed by atoms with Crippen LogP contribution in [0.1, 0.15) is 53.9 Å². The van der Waals surface area contributed by atoms with E-state index in [4.69, 9.17) is 0 Å². The van der Waals surface area contributed by atoms with Crippen molar-refractivity contribution in [3.8, 4) is 0 Å². The molecule has 0 radical (unpaired) electrons. The summed E-state index contributed by atoms with van der Waals surface area (Å²) in [5.41, 5.74) is 0. The zero-order valence-electron chi connectivity index (χ0n) is 11.5. The average Bonchev–Trinajstić information content (AvgIpc) is 2.25. The van der Waals surface area contributed by atoms with Crippen LogP contribution in [0, 0.1) is 5.92 Å². The van der Waals surface area contributed by atoms with Crippen molar-refractivity contribution in [2.45, 2.75) is 66.0 Å². The molecule has 0 aliphatic carbocycles. The van der Waals surface area contributed by atoms with Gasteiger partial charge in [-0.05, 0) is 32.6 Å². The van der Waals surface area contributed by atoms with Crippen molar-refractivity contribution in [1.82, 2.24) is 10.6 Å². The van der Waals surface area contributed by atoms with Gasteiger partial charge in [0.05, 0.1) is 6.04 Å². The highest BCUT2D eigenvalue weighted by molar-refractivity contribution is 5.81. The Morgan fingerprint density at radius 1 is 1.19 bits per heavy atom. The van der Waals surface area contributed by atoms with Gasteiger partial charge in [-0.25, -0.2) is 0 Å². The minimum absolute atomic E-state index is 0.0920. The van der Waals surface area contributed by atoms with Gasteiger partial charge in [-0.1, -0.05) is 27.2 Å². The number of nitrogens with one attached hydrogen (secondary N) is 2. The lowest BCUT2D eigenvalue weighted by atomic mass is 10.00. The van der Waals surface area contributed by atoms with Crippen molar-refractivity contribution >= 4 is 5.91 Å². The first-order chi connectivity index (χ1) is 7.51. The highest BCUT2D eigenvalue weighted by Crippen LogP contribution is 2.09. The fraction of sp³-hybridized carbons (Fsp3) is 0.923.